The molecule has 2 heterocycles. The van der Waals surface area contributed by atoms with E-state index in [-0.39, 0.29) is 0 Å². The molecule has 2 aromatic heterocycles. The zero-order valence-electron chi connectivity index (χ0n) is 19.8. The van der Waals surface area contributed by atoms with E-state index in [4.69, 9.17) is 0 Å². The van der Waals surface area contributed by atoms with E-state index in [1.54, 1.807) is 0 Å². The summed E-state index contributed by atoms with van der Waals surface area (Å²) in [6, 6.07) is 13.5. The fourth-order valence-corrected chi connectivity index (χ4v) is 5.64. The average Bonchev–Trinajstić information content (AvgIpc) is 3.46. The smallest absolute Gasteiger partial charge is 0.0302 e. The van der Waals surface area contributed by atoms with Crippen LogP contribution in [-0.2, 0) is 12.8 Å². The van der Waals surface area contributed by atoms with Crippen molar-refractivity contribution in [3.8, 4) is 0 Å². The molecule has 0 radical (unpaired) electrons. The highest BCUT2D eigenvalue weighted by molar-refractivity contribution is 7.11. The minimum atomic E-state index is 1.20. The maximum atomic E-state index is 2.30. The average molecular weight is 463 g/mol. The minimum absolute atomic E-state index is 1.20. The zero-order valence-corrected chi connectivity index (χ0v) is 21.4. The molecule has 32 heavy (non-hydrogen) atoms. The maximum Gasteiger partial charge on any atom is 0.0302 e. The van der Waals surface area contributed by atoms with Crippen LogP contribution in [-0.4, -0.2) is 0 Å². The SMILES string of the molecule is CCCCCCc1ccsc1/C=C/c1ccc(/C=C/c2sccc2CCCCCC)cc1. The Kier molecular flexibility index (Phi) is 11.0. The van der Waals surface area contributed by atoms with E-state index in [9.17, 15) is 0 Å². The maximum absolute atomic E-state index is 2.30. The molecule has 0 unspecified atom stereocenters. The molecular formula is C30H38S2. The van der Waals surface area contributed by atoms with Gasteiger partial charge >= 0.3 is 0 Å². The van der Waals surface area contributed by atoms with E-state index in [1.165, 1.54) is 96.2 Å². The lowest BCUT2D eigenvalue weighted by molar-refractivity contribution is 0.667. The molecule has 0 saturated heterocycles. The van der Waals surface area contributed by atoms with Gasteiger partial charge in [-0.15, -0.1) is 22.7 Å². The van der Waals surface area contributed by atoms with Gasteiger partial charge in [0.2, 0.25) is 0 Å². The van der Waals surface area contributed by atoms with Crippen LogP contribution in [0.4, 0.5) is 0 Å². The Bertz CT molecular complexity index is 874. The standard InChI is InChI=1S/C30H38S2/c1-3-5-7-9-11-27-21-23-31-29(27)19-17-25-13-15-26(16-14-25)18-20-30-28(22-24-32-30)12-10-8-6-4-2/h13-24H,3-12H2,1-2H3/b19-17+,20-18+. The third kappa shape index (κ3) is 8.22. The molecule has 2 heteroatoms. The Hall–Kier alpha value is -1.90. The third-order valence-electron chi connectivity index (χ3n) is 5.95. The topological polar surface area (TPSA) is 0 Å². The summed E-state index contributed by atoms with van der Waals surface area (Å²) < 4.78 is 0. The summed E-state index contributed by atoms with van der Waals surface area (Å²) in [6.45, 7) is 4.55. The lowest BCUT2D eigenvalue weighted by Gasteiger charge is -2.01. The van der Waals surface area contributed by atoms with Crippen LogP contribution in [0.15, 0.2) is 47.2 Å². The molecule has 3 aromatic rings. The van der Waals surface area contributed by atoms with E-state index in [0.29, 0.717) is 0 Å². The van der Waals surface area contributed by atoms with Crippen LogP contribution in [0.25, 0.3) is 24.3 Å². The number of hydrogen-bond donors (Lipinski definition) is 0. The van der Waals surface area contributed by atoms with Crippen LogP contribution in [0.1, 0.15) is 97.2 Å². The van der Waals surface area contributed by atoms with E-state index < -0.39 is 0 Å². The number of unbranched alkanes of at least 4 members (excludes halogenated alkanes) is 6. The van der Waals surface area contributed by atoms with Crippen molar-refractivity contribution < 1.29 is 0 Å². The molecule has 0 bridgehead atoms. The summed E-state index contributed by atoms with van der Waals surface area (Å²) in [4.78, 5) is 2.82. The fraction of sp³-hybridized carbons (Fsp3) is 0.400. The van der Waals surface area contributed by atoms with Gasteiger partial charge in [0.1, 0.15) is 0 Å². The van der Waals surface area contributed by atoms with E-state index >= 15 is 0 Å². The summed E-state index contributed by atoms with van der Waals surface area (Å²) in [5, 5.41) is 4.46. The molecule has 3 rings (SSSR count). The van der Waals surface area contributed by atoms with Gasteiger partial charge in [-0.3, -0.25) is 0 Å². The van der Waals surface area contributed by atoms with Gasteiger partial charge in [-0.05, 0) is 83.0 Å². The van der Waals surface area contributed by atoms with E-state index in [0.717, 1.165) is 0 Å². The van der Waals surface area contributed by atoms with Gasteiger partial charge in [-0.25, -0.2) is 0 Å². The molecule has 0 N–H and O–H groups in total. The van der Waals surface area contributed by atoms with Gasteiger partial charge in [0.15, 0.2) is 0 Å². The number of benzene rings is 1. The van der Waals surface area contributed by atoms with E-state index in [2.05, 4.69) is 85.3 Å². The van der Waals surface area contributed by atoms with Crippen molar-refractivity contribution in [1.82, 2.24) is 0 Å². The van der Waals surface area contributed by atoms with Gasteiger partial charge in [-0.1, -0.05) is 88.8 Å². The Labute approximate surface area is 203 Å². The predicted octanol–water partition coefficient (Wildman–Crippen LogP) is 10.4. The summed E-state index contributed by atoms with van der Waals surface area (Å²) in [7, 11) is 0. The highest BCUT2D eigenvalue weighted by atomic mass is 32.1. The van der Waals surface area contributed by atoms with Gasteiger partial charge < -0.3 is 0 Å². The van der Waals surface area contributed by atoms with Crippen LogP contribution in [0.5, 0.6) is 0 Å². The second kappa shape index (κ2) is 14.3. The van der Waals surface area contributed by atoms with Gasteiger partial charge in [-0.2, -0.15) is 0 Å². The molecular weight excluding hydrogens is 424 g/mol. The molecule has 0 nitrogen and oxygen atoms in total. The third-order valence-corrected chi connectivity index (χ3v) is 7.80. The number of aryl methyl sites for hydroxylation is 2. The Morgan fingerprint density at radius 1 is 0.531 bits per heavy atom. The van der Waals surface area contributed by atoms with Crippen molar-refractivity contribution in [2.24, 2.45) is 0 Å². The van der Waals surface area contributed by atoms with Crippen molar-refractivity contribution in [2.45, 2.75) is 78.1 Å². The first-order valence-electron chi connectivity index (χ1n) is 12.4. The molecule has 0 aliphatic carbocycles. The normalized spacial score (nSPS) is 11.8. The van der Waals surface area contributed by atoms with Crippen LogP contribution in [0, 0.1) is 0 Å². The quantitative estimate of drug-likeness (QED) is 0.209. The van der Waals surface area contributed by atoms with Crippen LogP contribution in [0.3, 0.4) is 0 Å². The largest absolute Gasteiger partial charge is 0.144 e. The zero-order chi connectivity index (χ0) is 22.4. The lowest BCUT2D eigenvalue weighted by Crippen LogP contribution is -1.85. The molecule has 0 amide bonds. The molecule has 0 spiro atoms. The van der Waals surface area contributed by atoms with Crippen molar-refractivity contribution in [1.29, 1.82) is 0 Å². The van der Waals surface area contributed by atoms with Crippen LogP contribution < -0.4 is 0 Å². The fourth-order valence-electron chi connectivity index (χ4n) is 3.95. The molecule has 170 valence electrons. The monoisotopic (exact) mass is 462 g/mol. The van der Waals surface area contributed by atoms with Crippen LogP contribution >= 0.6 is 22.7 Å². The van der Waals surface area contributed by atoms with Gasteiger partial charge in [0.25, 0.3) is 0 Å². The summed E-state index contributed by atoms with van der Waals surface area (Å²) in [5.74, 6) is 0. The Morgan fingerprint density at radius 2 is 0.969 bits per heavy atom. The molecule has 1 aromatic carbocycles. The van der Waals surface area contributed by atoms with Gasteiger partial charge in [0, 0.05) is 9.75 Å². The molecule has 0 atom stereocenters. The molecule has 0 aliphatic rings. The first kappa shape index (κ1) is 24.7. The highest BCUT2D eigenvalue weighted by Gasteiger charge is 2.02. The number of hydrogen-bond acceptors (Lipinski definition) is 2. The summed E-state index contributed by atoms with van der Waals surface area (Å²) in [6.07, 6.45) is 22.1. The van der Waals surface area contributed by atoms with Crippen molar-refractivity contribution >= 4 is 47.0 Å². The van der Waals surface area contributed by atoms with Crippen molar-refractivity contribution in [3.05, 3.63) is 79.2 Å². The lowest BCUT2D eigenvalue weighted by atomic mass is 10.1. The first-order valence-corrected chi connectivity index (χ1v) is 14.1. The van der Waals surface area contributed by atoms with Gasteiger partial charge in [0.05, 0.1) is 0 Å². The number of rotatable bonds is 14. The number of thiophene rings is 2. The van der Waals surface area contributed by atoms with Crippen molar-refractivity contribution in [2.75, 3.05) is 0 Å². The predicted molar refractivity (Wildman–Crippen MR) is 149 cm³/mol. The molecule has 0 saturated carbocycles. The molecule has 0 aliphatic heterocycles. The summed E-state index contributed by atoms with van der Waals surface area (Å²) >= 11 is 3.71. The Morgan fingerprint density at radius 3 is 1.38 bits per heavy atom. The first-order chi connectivity index (χ1) is 15.8. The second-order valence-electron chi connectivity index (χ2n) is 8.57. The molecule has 0 fully saturated rings. The van der Waals surface area contributed by atoms with Crippen molar-refractivity contribution in [3.63, 3.8) is 0 Å². The minimum Gasteiger partial charge on any atom is -0.144 e. The second-order valence-corrected chi connectivity index (χ2v) is 10.5. The summed E-state index contributed by atoms with van der Waals surface area (Å²) in [5.41, 5.74) is 5.53. The Balaban J connectivity index is 1.54. The van der Waals surface area contributed by atoms with E-state index in [1.807, 2.05) is 22.7 Å². The highest BCUT2D eigenvalue weighted by Crippen LogP contribution is 2.24. The van der Waals surface area contributed by atoms with Crippen LogP contribution in [0.2, 0.25) is 0 Å².